The Kier molecular flexibility index (Phi) is 3.48. The lowest BCUT2D eigenvalue weighted by Gasteiger charge is -2.07. The molecule has 0 N–H and O–H groups in total. The van der Waals surface area contributed by atoms with Gasteiger partial charge in [-0.1, -0.05) is 18.2 Å². The van der Waals surface area contributed by atoms with Crippen LogP contribution < -0.4 is 4.18 Å². The molecule has 0 saturated heterocycles. The Hall–Kier alpha value is -2.18. The summed E-state index contributed by atoms with van der Waals surface area (Å²) in [5.41, 5.74) is 0.529. The Morgan fingerprint density at radius 1 is 0.952 bits per heavy atom. The number of fused-ring (bicyclic) bond motifs is 1. The van der Waals surface area contributed by atoms with E-state index >= 15 is 0 Å². The molecule has 0 aliphatic carbocycles. The molecule has 0 fully saturated rings. The molecule has 106 valence electrons. The predicted octanol–water partition coefficient (Wildman–Crippen LogP) is 3.93. The molecule has 3 aromatic rings. The third kappa shape index (κ3) is 2.96. The molecule has 4 nitrogen and oxygen atoms in total. The zero-order chi connectivity index (χ0) is 14.9. The number of rotatable bonds is 3. The molecule has 0 unspecified atom stereocenters. The summed E-state index contributed by atoms with van der Waals surface area (Å²) in [6, 6.07) is 16.1. The van der Waals surface area contributed by atoms with Crippen LogP contribution in [0.25, 0.3) is 11.0 Å². The van der Waals surface area contributed by atoms with Gasteiger partial charge in [0.1, 0.15) is 16.2 Å². The SMILES string of the molecule is O=S(=O)(Oc1ccccc1)c1ccc2oc(=S)ccc2c1. The predicted molar refractivity (Wildman–Crippen MR) is 81.3 cm³/mol. The fourth-order valence-electron chi connectivity index (χ4n) is 1.86. The van der Waals surface area contributed by atoms with Crippen LogP contribution in [0.1, 0.15) is 0 Å². The molecular weight excluding hydrogens is 308 g/mol. The summed E-state index contributed by atoms with van der Waals surface area (Å²) in [4.78, 5) is 0.0613. The maximum absolute atomic E-state index is 12.2. The molecule has 0 aliphatic heterocycles. The van der Waals surface area contributed by atoms with Gasteiger partial charge in [0.25, 0.3) is 0 Å². The second-order valence-electron chi connectivity index (χ2n) is 4.30. The van der Waals surface area contributed by atoms with E-state index < -0.39 is 10.1 Å². The van der Waals surface area contributed by atoms with Gasteiger partial charge in [-0.25, -0.2) is 0 Å². The Morgan fingerprint density at radius 2 is 1.71 bits per heavy atom. The van der Waals surface area contributed by atoms with Gasteiger partial charge in [-0.05, 0) is 54.7 Å². The molecule has 1 aromatic heterocycles. The quantitative estimate of drug-likeness (QED) is 0.541. The van der Waals surface area contributed by atoms with Crippen LogP contribution in [0.15, 0.2) is 70.0 Å². The van der Waals surface area contributed by atoms with Gasteiger partial charge in [0, 0.05) is 5.39 Å². The summed E-state index contributed by atoms with van der Waals surface area (Å²) in [5, 5.41) is 0.640. The number of benzene rings is 2. The highest BCUT2D eigenvalue weighted by Crippen LogP contribution is 2.22. The van der Waals surface area contributed by atoms with Crippen LogP contribution in [-0.4, -0.2) is 8.42 Å². The average molecular weight is 318 g/mol. The number of hydrogen-bond acceptors (Lipinski definition) is 5. The molecule has 0 saturated carbocycles. The van der Waals surface area contributed by atoms with Gasteiger partial charge in [0.2, 0.25) is 0 Å². The van der Waals surface area contributed by atoms with Gasteiger partial charge in [0.15, 0.2) is 4.71 Å². The van der Waals surface area contributed by atoms with E-state index in [9.17, 15) is 8.42 Å². The van der Waals surface area contributed by atoms with Crippen molar-refractivity contribution in [2.75, 3.05) is 0 Å². The van der Waals surface area contributed by atoms with Crippen LogP contribution in [-0.2, 0) is 10.1 Å². The second kappa shape index (κ2) is 5.31. The maximum Gasteiger partial charge on any atom is 0.339 e. The standard InChI is InChI=1S/C15H10O4S2/c16-21(17,19-12-4-2-1-3-5-12)13-7-8-14-11(10-13)6-9-15(20)18-14/h1-10H. The minimum absolute atomic E-state index is 0.0613. The highest BCUT2D eigenvalue weighted by atomic mass is 32.2. The highest BCUT2D eigenvalue weighted by Gasteiger charge is 2.17. The molecule has 2 aromatic carbocycles. The molecule has 21 heavy (non-hydrogen) atoms. The lowest BCUT2D eigenvalue weighted by molar-refractivity contribution is 0.486. The van der Waals surface area contributed by atoms with Gasteiger partial charge in [-0.2, -0.15) is 8.42 Å². The van der Waals surface area contributed by atoms with E-state index in [2.05, 4.69) is 0 Å². The van der Waals surface area contributed by atoms with Crippen LogP contribution in [0.2, 0.25) is 0 Å². The minimum Gasteiger partial charge on any atom is -0.445 e. The highest BCUT2D eigenvalue weighted by molar-refractivity contribution is 7.87. The number of hydrogen-bond donors (Lipinski definition) is 0. The summed E-state index contributed by atoms with van der Waals surface area (Å²) < 4.78 is 35.2. The van der Waals surface area contributed by atoms with E-state index in [4.69, 9.17) is 20.8 Å². The van der Waals surface area contributed by atoms with Crippen molar-refractivity contribution < 1.29 is 17.0 Å². The van der Waals surface area contributed by atoms with Crippen molar-refractivity contribution in [3.05, 3.63) is 65.4 Å². The molecule has 0 spiro atoms. The topological polar surface area (TPSA) is 56.5 Å². The summed E-state index contributed by atoms with van der Waals surface area (Å²) >= 11 is 4.92. The van der Waals surface area contributed by atoms with Gasteiger partial charge in [-0.15, -0.1) is 0 Å². The summed E-state index contributed by atoms with van der Waals surface area (Å²) in [5.74, 6) is 0.267. The first kappa shape index (κ1) is 13.8. The summed E-state index contributed by atoms with van der Waals surface area (Å²) in [6.07, 6.45) is 0. The maximum atomic E-state index is 12.2. The zero-order valence-corrected chi connectivity index (χ0v) is 12.4. The van der Waals surface area contributed by atoms with E-state index in [0.717, 1.165) is 0 Å². The Balaban J connectivity index is 2.03. The third-order valence-corrected chi connectivity index (χ3v) is 4.29. The van der Waals surface area contributed by atoms with Crippen molar-refractivity contribution in [2.24, 2.45) is 0 Å². The minimum atomic E-state index is -3.88. The Morgan fingerprint density at radius 3 is 2.48 bits per heavy atom. The van der Waals surface area contributed by atoms with E-state index in [1.807, 2.05) is 0 Å². The lowest BCUT2D eigenvalue weighted by atomic mass is 10.2. The zero-order valence-electron chi connectivity index (χ0n) is 10.7. The van der Waals surface area contributed by atoms with E-state index in [-0.39, 0.29) is 10.6 Å². The van der Waals surface area contributed by atoms with Crippen LogP contribution >= 0.6 is 12.2 Å². The molecule has 6 heteroatoms. The first-order chi connectivity index (χ1) is 10.0. The molecule has 1 heterocycles. The monoisotopic (exact) mass is 318 g/mol. The van der Waals surface area contributed by atoms with Gasteiger partial charge in [0.05, 0.1) is 0 Å². The molecule has 0 aliphatic rings. The Bertz CT molecular complexity index is 944. The van der Waals surface area contributed by atoms with Crippen molar-refractivity contribution in [1.29, 1.82) is 0 Å². The van der Waals surface area contributed by atoms with Crippen LogP contribution in [0.5, 0.6) is 5.75 Å². The lowest BCUT2D eigenvalue weighted by Crippen LogP contribution is -2.09. The second-order valence-corrected chi connectivity index (χ2v) is 6.25. The van der Waals surface area contributed by atoms with Gasteiger partial charge in [-0.3, -0.25) is 0 Å². The first-order valence-electron chi connectivity index (χ1n) is 6.08. The normalized spacial score (nSPS) is 11.4. The van der Waals surface area contributed by atoms with Crippen molar-refractivity contribution in [3.8, 4) is 5.75 Å². The van der Waals surface area contributed by atoms with Crippen LogP contribution in [0, 0.1) is 4.71 Å². The van der Waals surface area contributed by atoms with E-state index in [0.29, 0.717) is 15.7 Å². The average Bonchev–Trinajstić information content (AvgIpc) is 2.47. The fourth-order valence-corrected chi connectivity index (χ4v) is 2.98. The third-order valence-electron chi connectivity index (χ3n) is 2.83. The van der Waals surface area contributed by atoms with Gasteiger partial charge >= 0.3 is 10.1 Å². The van der Waals surface area contributed by atoms with Crippen molar-refractivity contribution in [3.63, 3.8) is 0 Å². The van der Waals surface area contributed by atoms with Crippen molar-refractivity contribution in [1.82, 2.24) is 0 Å². The number of para-hydroxylation sites is 1. The molecule has 3 rings (SSSR count). The van der Waals surface area contributed by atoms with Crippen molar-refractivity contribution in [2.45, 2.75) is 4.90 Å². The molecule has 0 bridgehead atoms. The largest absolute Gasteiger partial charge is 0.445 e. The molecule has 0 amide bonds. The molecule has 0 radical (unpaired) electrons. The van der Waals surface area contributed by atoms with Crippen LogP contribution in [0.4, 0.5) is 0 Å². The molecule has 0 atom stereocenters. The van der Waals surface area contributed by atoms with E-state index in [1.165, 1.54) is 12.1 Å². The summed E-state index contributed by atoms with van der Waals surface area (Å²) in [6.45, 7) is 0. The van der Waals surface area contributed by atoms with Gasteiger partial charge < -0.3 is 8.60 Å². The Labute approximate surface area is 126 Å². The summed E-state index contributed by atoms with van der Waals surface area (Å²) in [7, 11) is -3.88. The first-order valence-corrected chi connectivity index (χ1v) is 7.90. The van der Waals surface area contributed by atoms with Crippen LogP contribution in [0.3, 0.4) is 0 Å². The smallest absolute Gasteiger partial charge is 0.339 e. The fraction of sp³-hybridized carbons (Fsp3) is 0. The van der Waals surface area contributed by atoms with Crippen molar-refractivity contribution >= 4 is 33.3 Å². The molecular formula is C15H10O4S2. The van der Waals surface area contributed by atoms with E-state index in [1.54, 1.807) is 48.5 Å².